The molecule has 0 unspecified atom stereocenters. The molecule has 3 aromatic carbocycles. The number of nitrogens with zero attached hydrogens (tertiary/aromatic N) is 3. The van der Waals surface area contributed by atoms with E-state index in [0.717, 1.165) is 35.2 Å². The van der Waals surface area contributed by atoms with Gasteiger partial charge in [-0.25, -0.2) is 4.99 Å². The summed E-state index contributed by atoms with van der Waals surface area (Å²) in [6.45, 7) is 0. The van der Waals surface area contributed by atoms with Crippen LogP contribution in [0, 0.1) is 10.1 Å². The van der Waals surface area contributed by atoms with E-state index in [9.17, 15) is 14.9 Å². The summed E-state index contributed by atoms with van der Waals surface area (Å²) in [6, 6.07) is 25.4. The number of aryl methyl sites for hydroxylation is 1. The van der Waals surface area contributed by atoms with Crippen molar-refractivity contribution in [3.05, 3.63) is 148 Å². The van der Waals surface area contributed by atoms with Gasteiger partial charge in [0.15, 0.2) is 4.80 Å². The molecule has 2 aliphatic rings. The Labute approximate surface area is 236 Å². The lowest BCUT2D eigenvalue weighted by Crippen LogP contribution is -2.38. The van der Waals surface area contributed by atoms with Crippen molar-refractivity contribution < 1.29 is 9.34 Å². The number of non-ortho nitro benzene ring substituents is 1. The monoisotopic (exact) mass is 565 g/mol. The van der Waals surface area contributed by atoms with Crippen molar-refractivity contribution >= 4 is 40.4 Å². The largest absolute Gasteiger partial charge is 0.457 e. The average molecular weight is 566 g/mol. The Morgan fingerprint density at radius 2 is 1.85 bits per heavy atom. The van der Waals surface area contributed by atoms with Crippen LogP contribution < -0.4 is 14.9 Å². The van der Waals surface area contributed by atoms with Crippen LogP contribution in [0.1, 0.15) is 34.9 Å². The smallest absolute Gasteiger partial charge is 0.271 e. The van der Waals surface area contributed by atoms with Gasteiger partial charge in [0.05, 0.1) is 21.2 Å². The number of hydrogen-bond donors (Lipinski definition) is 0. The maximum Gasteiger partial charge on any atom is 0.271 e. The Morgan fingerprint density at radius 1 is 1.02 bits per heavy atom. The van der Waals surface area contributed by atoms with Gasteiger partial charge in [-0.2, -0.15) is 0 Å². The third-order valence-corrected chi connectivity index (χ3v) is 8.54. The molecule has 3 heterocycles. The van der Waals surface area contributed by atoms with Crippen LogP contribution in [-0.2, 0) is 6.42 Å². The van der Waals surface area contributed by atoms with Crippen LogP contribution in [0.2, 0.25) is 5.02 Å². The zero-order chi connectivity index (χ0) is 27.4. The van der Waals surface area contributed by atoms with Gasteiger partial charge in [-0.05, 0) is 53.8 Å². The molecule has 0 N–H and O–H groups in total. The van der Waals surface area contributed by atoms with Gasteiger partial charge in [0.1, 0.15) is 11.5 Å². The summed E-state index contributed by atoms with van der Waals surface area (Å²) in [6.07, 6.45) is 3.39. The normalized spacial score (nSPS) is 16.2. The van der Waals surface area contributed by atoms with Crippen LogP contribution in [0.3, 0.4) is 0 Å². The van der Waals surface area contributed by atoms with E-state index in [2.05, 4.69) is 12.1 Å². The van der Waals surface area contributed by atoms with Gasteiger partial charge >= 0.3 is 0 Å². The zero-order valence-electron chi connectivity index (χ0n) is 20.9. The standard InChI is InChI=1S/C31H20ClN3O4S/c32-21-11-8-19(9-12-21)29-25-14-10-18-4-1-2-7-24(18)28(25)33-31-34(29)30(36)27(40-31)17-23-13-15-26(39-23)20-5-3-6-22(16-20)35(37)38/h1-9,11-13,15-17,29H,10,14H2/b27-17+/t29-/m1/s1. The first-order chi connectivity index (χ1) is 19.5. The molecule has 9 heteroatoms. The van der Waals surface area contributed by atoms with Crippen molar-refractivity contribution in [1.29, 1.82) is 0 Å². The SMILES string of the molecule is O=c1/c(=C\c2ccc(-c3cccc([N+](=O)[O-])c3)o2)sc2n1[C@H](c1ccc(Cl)cc1)C1=C(N=2)c2ccccc2CC1. The molecule has 0 saturated carbocycles. The van der Waals surface area contributed by atoms with Crippen LogP contribution in [0.25, 0.3) is 23.1 Å². The molecule has 0 fully saturated rings. The van der Waals surface area contributed by atoms with E-state index < -0.39 is 4.92 Å². The predicted octanol–water partition coefficient (Wildman–Crippen LogP) is 6.14. The lowest BCUT2D eigenvalue weighted by Gasteiger charge is -2.30. The van der Waals surface area contributed by atoms with Crippen LogP contribution in [-0.4, -0.2) is 9.49 Å². The second-order valence-electron chi connectivity index (χ2n) is 9.67. The Morgan fingerprint density at radius 3 is 2.67 bits per heavy atom. The average Bonchev–Trinajstić information content (AvgIpc) is 3.57. The van der Waals surface area contributed by atoms with Crippen molar-refractivity contribution in [2.75, 3.05) is 0 Å². The Hall–Kier alpha value is -4.53. The second kappa shape index (κ2) is 9.59. The summed E-state index contributed by atoms with van der Waals surface area (Å²) < 4.78 is 8.25. The number of thiazole rings is 1. The van der Waals surface area contributed by atoms with Gasteiger partial charge in [0.2, 0.25) is 0 Å². The Bertz CT molecular complexity index is 2040. The molecule has 0 bridgehead atoms. The molecule has 0 saturated heterocycles. The molecule has 1 aliphatic carbocycles. The molecular weight excluding hydrogens is 546 g/mol. The maximum absolute atomic E-state index is 13.9. The minimum atomic E-state index is -0.441. The highest BCUT2D eigenvalue weighted by Crippen LogP contribution is 2.41. The van der Waals surface area contributed by atoms with E-state index in [1.165, 1.54) is 29.0 Å². The first-order valence-corrected chi connectivity index (χ1v) is 13.9. The predicted molar refractivity (Wildman–Crippen MR) is 155 cm³/mol. The number of hydrogen-bond acceptors (Lipinski definition) is 6. The molecule has 40 heavy (non-hydrogen) atoms. The van der Waals surface area contributed by atoms with E-state index in [4.69, 9.17) is 21.0 Å². The third kappa shape index (κ3) is 4.13. The molecular formula is C31H20ClN3O4S. The van der Waals surface area contributed by atoms with Crippen molar-refractivity contribution in [2.45, 2.75) is 18.9 Å². The summed E-state index contributed by atoms with van der Waals surface area (Å²) in [5, 5.41) is 11.8. The van der Waals surface area contributed by atoms with Crippen molar-refractivity contribution in [2.24, 2.45) is 4.99 Å². The molecule has 1 atom stereocenters. The molecule has 5 aromatic rings. The van der Waals surface area contributed by atoms with Crippen molar-refractivity contribution in [3.63, 3.8) is 0 Å². The molecule has 7 rings (SSSR count). The summed E-state index contributed by atoms with van der Waals surface area (Å²) in [5.41, 5.74) is 5.80. The number of rotatable bonds is 4. The van der Waals surface area contributed by atoms with Gasteiger partial charge in [-0.3, -0.25) is 19.5 Å². The molecule has 196 valence electrons. The molecule has 2 aromatic heterocycles. The number of nitro groups is 1. The van der Waals surface area contributed by atoms with Crippen molar-refractivity contribution in [3.8, 4) is 11.3 Å². The first-order valence-electron chi connectivity index (χ1n) is 12.7. The third-order valence-electron chi connectivity index (χ3n) is 7.30. The summed E-state index contributed by atoms with van der Waals surface area (Å²) in [5.74, 6) is 0.956. The number of fused-ring (bicyclic) bond motifs is 3. The molecule has 0 spiro atoms. The number of benzene rings is 3. The van der Waals surface area contributed by atoms with E-state index >= 15 is 0 Å². The molecule has 1 aliphatic heterocycles. The minimum absolute atomic E-state index is 0.0171. The number of furan rings is 1. The maximum atomic E-state index is 13.9. The van der Waals surface area contributed by atoms with E-state index in [0.29, 0.717) is 31.4 Å². The van der Waals surface area contributed by atoms with Gasteiger partial charge in [-0.1, -0.05) is 71.5 Å². The highest BCUT2D eigenvalue weighted by Gasteiger charge is 2.32. The first kappa shape index (κ1) is 24.5. The van der Waals surface area contributed by atoms with E-state index in [-0.39, 0.29) is 17.3 Å². The molecule has 7 nitrogen and oxygen atoms in total. The molecule has 0 amide bonds. The van der Waals surface area contributed by atoms with Crippen LogP contribution in [0.15, 0.2) is 105 Å². The van der Waals surface area contributed by atoms with Crippen molar-refractivity contribution in [1.82, 2.24) is 4.57 Å². The lowest BCUT2D eigenvalue weighted by molar-refractivity contribution is -0.384. The van der Waals surface area contributed by atoms with E-state index in [1.54, 1.807) is 34.9 Å². The Kier molecular flexibility index (Phi) is 5.87. The van der Waals surface area contributed by atoms with Crippen LogP contribution >= 0.6 is 22.9 Å². The summed E-state index contributed by atoms with van der Waals surface area (Å²) in [4.78, 5) is 30.3. The second-order valence-corrected chi connectivity index (χ2v) is 11.1. The summed E-state index contributed by atoms with van der Waals surface area (Å²) in [7, 11) is 0. The van der Waals surface area contributed by atoms with Gasteiger partial charge in [0, 0.05) is 34.4 Å². The number of allylic oxidation sites excluding steroid dienone is 1. The fourth-order valence-corrected chi connectivity index (χ4v) is 6.56. The van der Waals surface area contributed by atoms with Crippen LogP contribution in [0.4, 0.5) is 5.69 Å². The topological polar surface area (TPSA) is 90.6 Å². The van der Waals surface area contributed by atoms with Gasteiger partial charge in [0.25, 0.3) is 11.2 Å². The fourth-order valence-electron chi connectivity index (χ4n) is 5.45. The van der Waals surface area contributed by atoms with Gasteiger partial charge < -0.3 is 4.42 Å². The molecule has 0 radical (unpaired) electrons. The van der Waals surface area contributed by atoms with E-state index in [1.807, 2.05) is 36.4 Å². The summed E-state index contributed by atoms with van der Waals surface area (Å²) >= 11 is 7.52. The quantitative estimate of drug-likeness (QED) is 0.193. The minimum Gasteiger partial charge on any atom is -0.457 e. The highest BCUT2D eigenvalue weighted by atomic mass is 35.5. The zero-order valence-corrected chi connectivity index (χ0v) is 22.5. The lowest BCUT2D eigenvalue weighted by atomic mass is 9.83. The fraction of sp³-hybridized carbons (Fsp3) is 0.0968. The highest BCUT2D eigenvalue weighted by molar-refractivity contribution is 7.07. The van der Waals surface area contributed by atoms with Gasteiger partial charge in [-0.15, -0.1) is 0 Å². The number of halogens is 1. The Balaban J connectivity index is 1.37. The number of aromatic nitrogens is 1. The van der Waals surface area contributed by atoms with Crippen LogP contribution in [0.5, 0.6) is 0 Å². The number of nitro benzene ring substituents is 1.